The van der Waals surface area contributed by atoms with Crippen LogP contribution in [0.5, 0.6) is 0 Å². The van der Waals surface area contributed by atoms with E-state index in [9.17, 15) is 0 Å². The second kappa shape index (κ2) is 5.14. The lowest BCUT2D eigenvalue weighted by Crippen LogP contribution is -2.09. The maximum atomic E-state index is 8.22. The van der Waals surface area contributed by atoms with E-state index in [1.807, 2.05) is 29.7 Å². The van der Waals surface area contributed by atoms with E-state index in [0.29, 0.717) is 22.9 Å². The number of halogens is 1. The average Bonchev–Trinajstić information content (AvgIpc) is 2.90. The molecule has 1 aliphatic rings. The summed E-state index contributed by atoms with van der Waals surface area (Å²) < 4.78 is 34.4. The normalized spacial score (nSPS) is 15.6. The molecule has 22 heavy (non-hydrogen) atoms. The molecule has 6 heteroatoms. The molecule has 0 atom stereocenters. The van der Waals surface area contributed by atoms with Crippen LogP contribution in [-0.4, -0.2) is 25.5 Å². The van der Waals surface area contributed by atoms with E-state index in [1.54, 1.807) is 0 Å². The summed E-state index contributed by atoms with van der Waals surface area (Å²) in [7, 11) is 0. The van der Waals surface area contributed by atoms with E-state index in [1.165, 1.54) is 0 Å². The maximum absolute atomic E-state index is 8.22. The lowest BCUT2D eigenvalue weighted by molar-refractivity contribution is 0.861. The van der Waals surface area contributed by atoms with Crippen LogP contribution in [0.3, 0.4) is 0 Å². The minimum Gasteiger partial charge on any atom is -0.281 e. The van der Waals surface area contributed by atoms with Crippen molar-refractivity contribution in [3.63, 3.8) is 0 Å². The minimum absolute atomic E-state index is 0.117. The van der Waals surface area contributed by atoms with Gasteiger partial charge in [0.25, 0.3) is 0 Å². The fourth-order valence-corrected chi connectivity index (χ4v) is 2.86. The molecule has 0 bridgehead atoms. The van der Waals surface area contributed by atoms with Crippen LogP contribution >= 0.6 is 15.9 Å². The Morgan fingerprint density at radius 1 is 1.27 bits per heavy atom. The molecule has 3 heterocycles. The largest absolute Gasteiger partial charge is 0.281 e. The van der Waals surface area contributed by atoms with Gasteiger partial charge in [-0.25, -0.2) is 0 Å². The molecule has 0 aliphatic carbocycles. The first-order valence-electron chi connectivity index (χ1n) is 8.59. The molecule has 108 valence electrons. The smallest absolute Gasteiger partial charge is 0.159 e. The highest BCUT2D eigenvalue weighted by atomic mass is 79.9. The number of hydrogen-bond donors (Lipinski definition) is 0. The number of pyridine rings is 1. The third kappa shape index (κ3) is 2.07. The van der Waals surface area contributed by atoms with Crippen molar-refractivity contribution in [2.45, 2.75) is 13.5 Å². The third-order valence-electron chi connectivity index (χ3n) is 3.42. The molecule has 1 aliphatic heterocycles. The predicted molar refractivity (Wildman–Crippen MR) is 87.4 cm³/mol. The first-order chi connectivity index (χ1) is 12.4. The summed E-state index contributed by atoms with van der Waals surface area (Å²) in [6, 6.07) is 4.72. The molecule has 1 aromatic carbocycles. The molecule has 0 radical (unpaired) electrons. The lowest BCUT2D eigenvalue weighted by atomic mass is 10.0. The summed E-state index contributed by atoms with van der Waals surface area (Å²) in [4.78, 5) is 8.64. The molecule has 0 N–H and O–H groups in total. The highest BCUT2D eigenvalue weighted by Crippen LogP contribution is 2.27. The van der Waals surface area contributed by atoms with Gasteiger partial charge in [-0.05, 0) is 37.2 Å². The molecule has 0 fully saturated rings. The van der Waals surface area contributed by atoms with Crippen LogP contribution in [-0.2, 0) is 6.54 Å². The van der Waals surface area contributed by atoms with Crippen molar-refractivity contribution in [1.29, 1.82) is 0 Å². The van der Waals surface area contributed by atoms with Crippen LogP contribution in [0, 0.1) is 6.92 Å². The van der Waals surface area contributed by atoms with Crippen molar-refractivity contribution in [3.8, 4) is 5.69 Å². The van der Waals surface area contributed by atoms with Crippen molar-refractivity contribution in [2.24, 2.45) is 4.99 Å². The van der Waals surface area contributed by atoms with E-state index in [2.05, 4.69) is 36.1 Å². The first kappa shape index (κ1) is 9.63. The van der Waals surface area contributed by atoms with Crippen molar-refractivity contribution in [1.82, 2.24) is 19.7 Å². The zero-order valence-corrected chi connectivity index (χ0v) is 13.1. The van der Waals surface area contributed by atoms with E-state index in [-0.39, 0.29) is 36.5 Å². The molecule has 2 aromatic heterocycles. The van der Waals surface area contributed by atoms with Crippen molar-refractivity contribution < 1.29 is 5.48 Å². The number of aryl methyl sites for hydroxylation is 1. The number of aliphatic imine (C=N–C) groups is 1. The van der Waals surface area contributed by atoms with Gasteiger partial charge in [-0.2, -0.15) is 0 Å². The highest BCUT2D eigenvalue weighted by Gasteiger charge is 2.22. The fourth-order valence-electron chi connectivity index (χ4n) is 2.49. The van der Waals surface area contributed by atoms with Crippen LogP contribution in [0.25, 0.3) is 5.69 Å². The molecule has 3 aromatic rings. The van der Waals surface area contributed by atoms with Gasteiger partial charge < -0.3 is 0 Å². The standard InChI is InChI=1S/C16H12BrN5/c1-10-20-21-15-9-19-16(13-4-2-3-7-18-13)12-8-11(17)5-6-14(12)22(10)15/h2-8H,9H2,1H3/i2D,3D,4D,7D. The number of benzene rings is 1. The van der Waals surface area contributed by atoms with Gasteiger partial charge in [0.05, 0.1) is 22.6 Å². The Balaban J connectivity index is 2.04. The van der Waals surface area contributed by atoms with Gasteiger partial charge in [-0.15, -0.1) is 10.2 Å². The van der Waals surface area contributed by atoms with Gasteiger partial charge in [0.15, 0.2) is 5.82 Å². The second-order valence-electron chi connectivity index (χ2n) is 4.77. The summed E-state index contributed by atoms with van der Waals surface area (Å²) in [5.74, 6) is 1.37. The SMILES string of the molecule is [2H]c1nc(C2=NCc3nnc(C)n3-c3ccc(Br)cc32)c([2H])c([2H])c1[2H]. The van der Waals surface area contributed by atoms with Crippen LogP contribution in [0.1, 0.15) is 28.4 Å². The molecular formula is C16H12BrN5. The predicted octanol–water partition coefficient (Wildman–Crippen LogP) is 3.08. The summed E-state index contributed by atoms with van der Waals surface area (Å²) >= 11 is 3.46. The van der Waals surface area contributed by atoms with Gasteiger partial charge >= 0.3 is 0 Å². The van der Waals surface area contributed by atoms with Gasteiger partial charge in [0.1, 0.15) is 12.4 Å². The number of hydrogen-bond acceptors (Lipinski definition) is 4. The average molecular weight is 358 g/mol. The Morgan fingerprint density at radius 2 is 2.18 bits per heavy atom. The van der Waals surface area contributed by atoms with Gasteiger partial charge in [-0.3, -0.25) is 14.5 Å². The number of rotatable bonds is 1. The fraction of sp³-hybridized carbons (Fsp3) is 0.125. The Hall–Kier alpha value is -2.34. The maximum Gasteiger partial charge on any atom is 0.159 e. The van der Waals surface area contributed by atoms with E-state index in [4.69, 9.17) is 5.48 Å². The molecule has 0 saturated carbocycles. The number of fused-ring (bicyclic) bond motifs is 3. The van der Waals surface area contributed by atoms with Crippen LogP contribution in [0.2, 0.25) is 0 Å². The van der Waals surface area contributed by atoms with Crippen molar-refractivity contribution in [2.75, 3.05) is 0 Å². The quantitative estimate of drug-likeness (QED) is 0.672. The molecule has 0 amide bonds. The molecule has 0 spiro atoms. The molecule has 0 unspecified atom stereocenters. The Bertz CT molecular complexity index is 1090. The summed E-state index contributed by atoms with van der Waals surface area (Å²) in [5, 5.41) is 8.27. The van der Waals surface area contributed by atoms with Crippen LogP contribution in [0.4, 0.5) is 0 Å². The van der Waals surface area contributed by atoms with Gasteiger partial charge in [-0.1, -0.05) is 22.0 Å². The van der Waals surface area contributed by atoms with Crippen LogP contribution in [0.15, 0.2) is 52.0 Å². The first-order valence-corrected chi connectivity index (χ1v) is 7.38. The molecule has 0 saturated heterocycles. The second-order valence-corrected chi connectivity index (χ2v) is 5.69. The topological polar surface area (TPSA) is 56.0 Å². The minimum atomic E-state index is -0.365. The zero-order valence-electron chi connectivity index (χ0n) is 15.6. The highest BCUT2D eigenvalue weighted by molar-refractivity contribution is 9.10. The van der Waals surface area contributed by atoms with Crippen molar-refractivity contribution in [3.05, 3.63) is 69.9 Å². The molecule has 5 nitrogen and oxygen atoms in total. The lowest BCUT2D eigenvalue weighted by Gasteiger charge is -2.12. The zero-order chi connectivity index (χ0) is 18.6. The number of aromatic nitrogens is 4. The van der Waals surface area contributed by atoms with E-state index >= 15 is 0 Å². The Kier molecular flexibility index (Phi) is 2.25. The summed E-state index contributed by atoms with van der Waals surface area (Å²) in [5.41, 5.74) is 2.00. The summed E-state index contributed by atoms with van der Waals surface area (Å²) in [6.45, 7) is 2.08. The number of nitrogens with zero attached hydrogens (tertiary/aromatic N) is 5. The Morgan fingerprint density at radius 3 is 3.09 bits per heavy atom. The van der Waals surface area contributed by atoms with Gasteiger partial charge in [0, 0.05) is 16.2 Å². The van der Waals surface area contributed by atoms with Crippen molar-refractivity contribution >= 4 is 21.6 Å². The van der Waals surface area contributed by atoms with E-state index in [0.717, 1.165) is 10.2 Å². The summed E-state index contributed by atoms with van der Waals surface area (Å²) in [6.07, 6.45) is -0.347. The molecule has 4 rings (SSSR count). The third-order valence-corrected chi connectivity index (χ3v) is 3.91. The van der Waals surface area contributed by atoms with E-state index < -0.39 is 0 Å². The monoisotopic (exact) mass is 357 g/mol. The molecular weight excluding hydrogens is 342 g/mol. The Labute approximate surface area is 141 Å². The van der Waals surface area contributed by atoms with Crippen LogP contribution < -0.4 is 0 Å². The van der Waals surface area contributed by atoms with Gasteiger partial charge in [0.2, 0.25) is 0 Å².